The number of imide groups is 1. The Balaban J connectivity index is 1.90. The largest absolute Gasteiger partial charge is 0.464 e. The maximum absolute atomic E-state index is 14.0. The number of ether oxygens (including phenoxy) is 2. The molecule has 3 amide bonds. The summed E-state index contributed by atoms with van der Waals surface area (Å²) in [7, 11) is 0. The van der Waals surface area contributed by atoms with Gasteiger partial charge in [0.25, 0.3) is 5.91 Å². The molecule has 7 heteroatoms. The van der Waals surface area contributed by atoms with E-state index in [9.17, 15) is 14.4 Å². The molecule has 2 saturated heterocycles. The van der Waals surface area contributed by atoms with Crippen molar-refractivity contribution < 1.29 is 23.9 Å². The van der Waals surface area contributed by atoms with Crippen LogP contribution in [-0.4, -0.2) is 59.6 Å². The molecule has 0 aromatic heterocycles. The van der Waals surface area contributed by atoms with Gasteiger partial charge in [-0.3, -0.25) is 9.69 Å². The van der Waals surface area contributed by atoms with E-state index < -0.39 is 29.5 Å². The van der Waals surface area contributed by atoms with E-state index in [2.05, 4.69) is 0 Å². The van der Waals surface area contributed by atoms with Crippen molar-refractivity contribution >= 4 is 17.9 Å². The number of carbonyl (C=O) groups excluding carboxylic acids is 3. The SMILES string of the molecule is CCOC(=O)C(C)N1C(=O)N(CC2CO2)C(c2ccccc2)(c2ccccc2)C1=O. The molecule has 2 unspecified atom stereocenters. The van der Waals surface area contributed by atoms with Gasteiger partial charge in [0.1, 0.15) is 6.04 Å². The summed E-state index contributed by atoms with van der Waals surface area (Å²) in [5, 5.41) is 0. The molecule has 0 aliphatic carbocycles. The summed E-state index contributed by atoms with van der Waals surface area (Å²) in [6.45, 7) is 4.16. The van der Waals surface area contributed by atoms with Gasteiger partial charge < -0.3 is 9.47 Å². The van der Waals surface area contributed by atoms with Gasteiger partial charge in [-0.2, -0.15) is 0 Å². The minimum atomic E-state index is -1.38. The number of urea groups is 1. The highest BCUT2D eigenvalue weighted by atomic mass is 16.6. The van der Waals surface area contributed by atoms with Crippen molar-refractivity contribution in [1.29, 1.82) is 0 Å². The number of hydrogen-bond acceptors (Lipinski definition) is 5. The Labute approximate surface area is 175 Å². The van der Waals surface area contributed by atoms with Crippen molar-refractivity contribution in [2.75, 3.05) is 19.8 Å². The average molecular weight is 408 g/mol. The first-order chi connectivity index (χ1) is 14.5. The van der Waals surface area contributed by atoms with Crippen LogP contribution in [0.2, 0.25) is 0 Å². The van der Waals surface area contributed by atoms with E-state index in [1.807, 2.05) is 60.7 Å². The Bertz CT molecular complexity index is 903. The second kappa shape index (κ2) is 7.91. The Morgan fingerprint density at radius 3 is 2.10 bits per heavy atom. The molecule has 2 aromatic rings. The van der Waals surface area contributed by atoms with E-state index in [4.69, 9.17) is 9.47 Å². The summed E-state index contributed by atoms with van der Waals surface area (Å²) in [6.07, 6.45) is -0.133. The highest BCUT2D eigenvalue weighted by molar-refractivity contribution is 6.11. The first-order valence-corrected chi connectivity index (χ1v) is 10.1. The average Bonchev–Trinajstić information content (AvgIpc) is 3.56. The predicted molar refractivity (Wildman–Crippen MR) is 108 cm³/mol. The molecule has 2 atom stereocenters. The molecule has 2 aromatic carbocycles. The van der Waals surface area contributed by atoms with E-state index >= 15 is 0 Å². The highest BCUT2D eigenvalue weighted by Crippen LogP contribution is 2.44. The Morgan fingerprint density at radius 2 is 1.63 bits per heavy atom. The summed E-state index contributed by atoms with van der Waals surface area (Å²) in [5.41, 5.74) is -0.0609. The Hall–Kier alpha value is -3.19. The summed E-state index contributed by atoms with van der Waals surface area (Å²) in [6, 6.07) is 16.8. The van der Waals surface area contributed by atoms with Gasteiger partial charge in [0, 0.05) is 0 Å². The van der Waals surface area contributed by atoms with Crippen molar-refractivity contribution in [3.8, 4) is 0 Å². The van der Waals surface area contributed by atoms with Crippen LogP contribution in [0.25, 0.3) is 0 Å². The molecule has 156 valence electrons. The van der Waals surface area contributed by atoms with Crippen LogP contribution < -0.4 is 0 Å². The predicted octanol–water partition coefficient (Wildman–Crippen LogP) is 2.54. The lowest BCUT2D eigenvalue weighted by Gasteiger charge is -2.36. The third-order valence-electron chi connectivity index (χ3n) is 5.56. The van der Waals surface area contributed by atoms with Gasteiger partial charge in [-0.25, -0.2) is 14.5 Å². The van der Waals surface area contributed by atoms with Crippen LogP contribution in [0.3, 0.4) is 0 Å². The van der Waals surface area contributed by atoms with Crippen LogP contribution in [-0.2, 0) is 24.6 Å². The van der Waals surface area contributed by atoms with E-state index in [1.54, 1.807) is 6.92 Å². The van der Waals surface area contributed by atoms with Gasteiger partial charge in [0.15, 0.2) is 5.54 Å². The second-order valence-electron chi connectivity index (χ2n) is 7.39. The first kappa shape index (κ1) is 20.1. The molecule has 2 heterocycles. The zero-order chi connectivity index (χ0) is 21.3. The molecule has 4 rings (SSSR count). The third kappa shape index (κ3) is 3.15. The van der Waals surface area contributed by atoms with Crippen molar-refractivity contribution in [3.63, 3.8) is 0 Å². The first-order valence-electron chi connectivity index (χ1n) is 10.1. The number of benzene rings is 2. The van der Waals surface area contributed by atoms with Gasteiger partial charge in [-0.05, 0) is 25.0 Å². The Morgan fingerprint density at radius 1 is 1.10 bits per heavy atom. The lowest BCUT2D eigenvalue weighted by Crippen LogP contribution is -2.49. The van der Waals surface area contributed by atoms with E-state index in [0.29, 0.717) is 17.7 Å². The van der Waals surface area contributed by atoms with Crippen LogP contribution in [0, 0.1) is 0 Å². The lowest BCUT2D eigenvalue weighted by molar-refractivity contribution is -0.151. The maximum atomic E-state index is 14.0. The molecule has 0 bridgehead atoms. The normalized spacial score (nSPS) is 20.9. The smallest absolute Gasteiger partial charge is 0.329 e. The molecular weight excluding hydrogens is 384 g/mol. The van der Waals surface area contributed by atoms with Crippen LogP contribution in [0.5, 0.6) is 0 Å². The van der Waals surface area contributed by atoms with Crippen molar-refractivity contribution in [3.05, 3.63) is 71.8 Å². The molecule has 2 aliphatic rings. The van der Waals surface area contributed by atoms with Gasteiger partial charge in [0.2, 0.25) is 0 Å². The minimum Gasteiger partial charge on any atom is -0.464 e. The molecule has 0 saturated carbocycles. The quantitative estimate of drug-likeness (QED) is 0.400. The number of esters is 1. The van der Waals surface area contributed by atoms with Crippen LogP contribution in [0.15, 0.2) is 60.7 Å². The molecular formula is C23H24N2O5. The molecule has 30 heavy (non-hydrogen) atoms. The number of carbonyl (C=O) groups is 3. The molecule has 0 radical (unpaired) electrons. The summed E-state index contributed by atoms with van der Waals surface area (Å²) in [4.78, 5) is 42.6. The number of hydrogen-bond donors (Lipinski definition) is 0. The second-order valence-corrected chi connectivity index (χ2v) is 7.39. The van der Waals surface area contributed by atoms with E-state index in [-0.39, 0.29) is 19.3 Å². The zero-order valence-corrected chi connectivity index (χ0v) is 17.0. The van der Waals surface area contributed by atoms with Crippen molar-refractivity contribution in [2.24, 2.45) is 0 Å². The number of amides is 3. The fraction of sp³-hybridized carbons (Fsp3) is 0.348. The standard InChI is InChI=1S/C23H24N2O5/c1-3-29-20(26)16(2)25-21(27)23(17-10-6-4-7-11-17,18-12-8-5-9-13-18)24(22(25)28)14-19-15-30-19/h4-13,16,19H,3,14-15H2,1-2H3. The monoisotopic (exact) mass is 408 g/mol. The maximum Gasteiger partial charge on any atom is 0.329 e. The van der Waals surface area contributed by atoms with Crippen molar-refractivity contribution in [1.82, 2.24) is 9.80 Å². The topological polar surface area (TPSA) is 79.5 Å². The minimum absolute atomic E-state index is 0.133. The molecule has 7 nitrogen and oxygen atoms in total. The number of epoxide rings is 1. The summed E-state index contributed by atoms with van der Waals surface area (Å²) < 4.78 is 10.5. The fourth-order valence-corrected chi connectivity index (χ4v) is 4.04. The lowest BCUT2D eigenvalue weighted by atomic mass is 9.81. The molecule has 0 spiro atoms. The summed E-state index contributed by atoms with van der Waals surface area (Å²) >= 11 is 0. The molecule has 0 N–H and O–H groups in total. The Kier molecular flexibility index (Phi) is 5.30. The van der Waals surface area contributed by atoms with Crippen LogP contribution >= 0.6 is 0 Å². The molecule has 2 fully saturated rings. The summed E-state index contributed by atoms with van der Waals surface area (Å²) in [5.74, 6) is -1.08. The van der Waals surface area contributed by atoms with Crippen molar-refractivity contribution in [2.45, 2.75) is 31.5 Å². The zero-order valence-electron chi connectivity index (χ0n) is 17.0. The molecule has 2 aliphatic heterocycles. The van der Waals surface area contributed by atoms with Gasteiger partial charge in [-0.1, -0.05) is 60.7 Å². The van der Waals surface area contributed by atoms with E-state index in [0.717, 1.165) is 4.90 Å². The van der Waals surface area contributed by atoms with Gasteiger partial charge in [-0.15, -0.1) is 0 Å². The highest BCUT2D eigenvalue weighted by Gasteiger charge is 2.62. The number of rotatable bonds is 7. The van der Waals surface area contributed by atoms with Gasteiger partial charge in [0.05, 0.1) is 25.9 Å². The van der Waals surface area contributed by atoms with Crippen LogP contribution in [0.4, 0.5) is 4.79 Å². The van der Waals surface area contributed by atoms with Crippen LogP contribution in [0.1, 0.15) is 25.0 Å². The van der Waals surface area contributed by atoms with E-state index in [1.165, 1.54) is 11.8 Å². The number of nitrogens with zero attached hydrogens (tertiary/aromatic N) is 2. The third-order valence-corrected chi connectivity index (χ3v) is 5.56. The fourth-order valence-electron chi connectivity index (χ4n) is 4.04. The van der Waals surface area contributed by atoms with Gasteiger partial charge >= 0.3 is 12.0 Å².